The summed E-state index contributed by atoms with van der Waals surface area (Å²) >= 11 is 0. The van der Waals surface area contributed by atoms with Crippen molar-refractivity contribution in [2.75, 3.05) is 60.0 Å². The molecule has 2 unspecified atom stereocenters. The second-order valence-corrected chi connectivity index (χ2v) is 16.4. The van der Waals surface area contributed by atoms with E-state index in [9.17, 15) is 9.90 Å². The van der Waals surface area contributed by atoms with Gasteiger partial charge in [0.25, 0.3) is 0 Å². The molecule has 7 nitrogen and oxygen atoms in total. The van der Waals surface area contributed by atoms with Gasteiger partial charge < -0.3 is 20.5 Å². The van der Waals surface area contributed by atoms with Crippen LogP contribution in [0.4, 0.5) is 0 Å². The number of hydrogen-bond acceptors (Lipinski definition) is 7. The number of ether oxygens (including phenoxy) is 1. The van der Waals surface area contributed by atoms with Crippen molar-refractivity contribution in [1.82, 2.24) is 20.4 Å². The number of carbonyl (C=O) groups excluding carboxylic acids is 1. The van der Waals surface area contributed by atoms with Gasteiger partial charge in [-0.2, -0.15) is 0 Å². The Hall–Kier alpha value is -0.730. The minimum absolute atomic E-state index is 0.0188. The zero-order valence-corrected chi connectivity index (χ0v) is 27.2. The minimum Gasteiger partial charge on any atom is -0.461 e. The first kappa shape index (κ1) is 30.3. The molecule has 41 heavy (non-hydrogen) atoms. The van der Waals surface area contributed by atoms with E-state index in [4.69, 9.17) is 4.74 Å². The third kappa shape index (κ3) is 4.25. The molecule has 6 fully saturated rings. The summed E-state index contributed by atoms with van der Waals surface area (Å²) in [5.41, 5.74) is 1.75. The zero-order chi connectivity index (χ0) is 29.4. The summed E-state index contributed by atoms with van der Waals surface area (Å²) in [5.74, 6) is 1.86. The van der Waals surface area contributed by atoms with Crippen LogP contribution in [-0.4, -0.2) is 99.0 Å². The Balaban J connectivity index is 1.22. The lowest BCUT2D eigenvalue weighted by molar-refractivity contribution is -0.154. The molecule has 0 aromatic carbocycles. The molecule has 1 heterocycles. The molecule has 7 heteroatoms. The molecule has 0 amide bonds. The first-order valence-electron chi connectivity index (χ1n) is 17.0. The monoisotopic (exact) mass is 572 g/mol. The Kier molecular flexibility index (Phi) is 7.71. The van der Waals surface area contributed by atoms with Gasteiger partial charge in [0, 0.05) is 50.7 Å². The molecule has 5 saturated carbocycles. The summed E-state index contributed by atoms with van der Waals surface area (Å²) in [4.78, 5) is 18.0. The van der Waals surface area contributed by atoms with Crippen LogP contribution < -0.4 is 10.6 Å². The van der Waals surface area contributed by atoms with E-state index in [0.29, 0.717) is 40.8 Å². The summed E-state index contributed by atoms with van der Waals surface area (Å²) in [6.45, 7) is 17.5. The van der Waals surface area contributed by atoms with Crippen LogP contribution >= 0.6 is 0 Å². The van der Waals surface area contributed by atoms with Gasteiger partial charge in [0.05, 0.1) is 13.2 Å². The van der Waals surface area contributed by atoms with Gasteiger partial charge in [-0.3, -0.25) is 14.6 Å². The molecule has 1 saturated heterocycles. The van der Waals surface area contributed by atoms with E-state index in [1.54, 1.807) is 0 Å². The number of β-amino-alcohol motifs (C(OH)–C–C–N with tert-alkyl or cyclic N) is 1. The number of aliphatic hydroxyl groups is 1. The maximum absolute atomic E-state index is 13.5. The molecule has 6 rings (SSSR count). The fraction of sp³-hybridized carbons (Fsp3) is 0.971. The third-order valence-electron chi connectivity index (χ3n) is 15.0. The highest BCUT2D eigenvalue weighted by atomic mass is 16.5. The van der Waals surface area contributed by atoms with Gasteiger partial charge in [-0.05, 0) is 111 Å². The topological polar surface area (TPSA) is 77.1 Å². The van der Waals surface area contributed by atoms with E-state index >= 15 is 0 Å². The lowest BCUT2D eigenvalue weighted by atomic mass is 9.42. The Morgan fingerprint density at radius 3 is 2.24 bits per heavy atom. The quantitative estimate of drug-likeness (QED) is 0.383. The highest BCUT2D eigenvalue weighted by Crippen LogP contribution is 2.89. The molecule has 6 aliphatic rings. The Morgan fingerprint density at radius 2 is 1.59 bits per heavy atom. The molecule has 10 atom stereocenters. The first-order chi connectivity index (χ1) is 19.4. The summed E-state index contributed by atoms with van der Waals surface area (Å²) < 4.78 is 6.56. The number of carbonyl (C=O) groups is 1. The molecule has 234 valence electrons. The number of hydrogen-bond donors (Lipinski definition) is 3. The summed E-state index contributed by atoms with van der Waals surface area (Å²) in [6.07, 6.45) is 10.5. The Labute approximate surface area is 249 Å². The van der Waals surface area contributed by atoms with Crippen LogP contribution in [0.1, 0.15) is 86.0 Å². The lowest BCUT2D eigenvalue weighted by Gasteiger charge is -2.63. The van der Waals surface area contributed by atoms with Crippen LogP contribution in [0.5, 0.6) is 0 Å². The molecule has 1 aliphatic heterocycles. The maximum Gasteiger partial charge on any atom is 0.320 e. The fourth-order valence-corrected chi connectivity index (χ4v) is 12.8. The van der Waals surface area contributed by atoms with Crippen molar-refractivity contribution in [1.29, 1.82) is 0 Å². The largest absolute Gasteiger partial charge is 0.461 e. The third-order valence-corrected chi connectivity index (χ3v) is 15.0. The van der Waals surface area contributed by atoms with Gasteiger partial charge >= 0.3 is 5.97 Å². The number of fused-ring (bicyclic) bond motifs is 2. The molecule has 0 radical (unpaired) electrons. The second-order valence-electron chi connectivity index (χ2n) is 16.4. The number of rotatable bonds is 8. The average Bonchev–Trinajstić information content (AvgIpc) is 3.53. The van der Waals surface area contributed by atoms with Crippen LogP contribution in [0.15, 0.2) is 0 Å². The van der Waals surface area contributed by atoms with E-state index in [2.05, 4.69) is 69.1 Å². The van der Waals surface area contributed by atoms with E-state index in [-0.39, 0.29) is 29.5 Å². The highest BCUT2D eigenvalue weighted by molar-refractivity contribution is 5.72. The molecule has 2 spiro atoms. The molecule has 5 aliphatic carbocycles. The van der Waals surface area contributed by atoms with Crippen molar-refractivity contribution >= 4 is 5.97 Å². The zero-order valence-electron chi connectivity index (χ0n) is 27.2. The van der Waals surface area contributed by atoms with Crippen molar-refractivity contribution in [3.8, 4) is 0 Å². The predicted octanol–water partition coefficient (Wildman–Crippen LogP) is 3.75. The Bertz CT molecular complexity index is 998. The van der Waals surface area contributed by atoms with Gasteiger partial charge in [0.2, 0.25) is 0 Å². The standard InChI is InChI=1S/C34H60N4O3/c1-23(35-6)29-24(41-28(40)21-38-16-14-37(15-17-38)18-19-39)20-32(5)26-9-8-25-30(2,3)27(36-7)10-11-33(25)22-34(26,33)13-12-31(29,32)4/h23-27,29,35-36,39H,8-22H2,1-7H3/t23-,24+,25-,26?,27-,29?,31+,32-,33+,34-/m0/s1. The summed E-state index contributed by atoms with van der Waals surface area (Å²) in [5, 5.41) is 16.6. The number of aliphatic hydroxyl groups excluding tert-OH is 1. The molecule has 0 bridgehead atoms. The smallest absolute Gasteiger partial charge is 0.320 e. The summed E-state index contributed by atoms with van der Waals surface area (Å²) in [6, 6.07) is 0.941. The van der Waals surface area contributed by atoms with Gasteiger partial charge in [-0.15, -0.1) is 0 Å². The van der Waals surface area contributed by atoms with Gasteiger partial charge in [0.1, 0.15) is 6.10 Å². The van der Waals surface area contributed by atoms with Crippen LogP contribution in [0.2, 0.25) is 0 Å². The van der Waals surface area contributed by atoms with Crippen LogP contribution in [-0.2, 0) is 9.53 Å². The highest BCUT2D eigenvalue weighted by Gasteiger charge is 2.83. The van der Waals surface area contributed by atoms with Crippen molar-refractivity contribution < 1.29 is 14.6 Å². The van der Waals surface area contributed by atoms with Crippen molar-refractivity contribution in [3.63, 3.8) is 0 Å². The fourth-order valence-electron chi connectivity index (χ4n) is 12.8. The molecular formula is C34H60N4O3. The number of piperazine rings is 1. The summed E-state index contributed by atoms with van der Waals surface area (Å²) in [7, 11) is 4.26. The molecule has 3 N–H and O–H groups in total. The van der Waals surface area contributed by atoms with Crippen LogP contribution in [0, 0.1) is 44.8 Å². The first-order valence-corrected chi connectivity index (χ1v) is 17.0. The number of esters is 1. The average molecular weight is 573 g/mol. The maximum atomic E-state index is 13.5. The van der Waals surface area contributed by atoms with Crippen molar-refractivity contribution in [2.24, 2.45) is 44.8 Å². The van der Waals surface area contributed by atoms with Gasteiger partial charge in [-0.25, -0.2) is 0 Å². The SMILES string of the molecule is CN[C@@H](C)C1[C@H](OC(=O)CN2CCN(CCO)CC2)C[C@@]2(C)C3CC[C@H]4C(C)(C)[C@@H](NC)CC[C@@]45C[C@@]35CC[C@]12C. The molecule has 0 aromatic rings. The Morgan fingerprint density at radius 1 is 0.927 bits per heavy atom. The van der Waals surface area contributed by atoms with E-state index in [0.717, 1.165) is 51.0 Å². The van der Waals surface area contributed by atoms with Crippen LogP contribution in [0.3, 0.4) is 0 Å². The predicted molar refractivity (Wildman–Crippen MR) is 163 cm³/mol. The molecular weight excluding hydrogens is 512 g/mol. The van der Waals surface area contributed by atoms with E-state index < -0.39 is 0 Å². The molecule has 0 aromatic heterocycles. The lowest BCUT2D eigenvalue weighted by Crippen LogP contribution is -2.59. The number of nitrogens with one attached hydrogen (secondary N) is 2. The normalized spacial score (nSPS) is 48.0. The van der Waals surface area contributed by atoms with Crippen LogP contribution in [0.25, 0.3) is 0 Å². The van der Waals surface area contributed by atoms with E-state index in [1.807, 2.05) is 0 Å². The second kappa shape index (κ2) is 10.4. The van der Waals surface area contributed by atoms with Crippen molar-refractivity contribution in [3.05, 3.63) is 0 Å². The number of nitrogens with zero attached hydrogens (tertiary/aromatic N) is 2. The minimum atomic E-state index is -0.0433. The van der Waals surface area contributed by atoms with Crippen molar-refractivity contribution in [2.45, 2.75) is 104 Å². The van der Waals surface area contributed by atoms with Gasteiger partial charge in [0.15, 0.2) is 0 Å². The van der Waals surface area contributed by atoms with E-state index in [1.165, 1.54) is 44.9 Å². The van der Waals surface area contributed by atoms with Gasteiger partial charge in [-0.1, -0.05) is 27.7 Å².